The van der Waals surface area contributed by atoms with E-state index in [1.165, 1.54) is 0 Å². The van der Waals surface area contributed by atoms with E-state index in [1.807, 2.05) is 30.3 Å². The lowest BCUT2D eigenvalue weighted by Crippen LogP contribution is -2.20. The van der Waals surface area contributed by atoms with Gasteiger partial charge in [-0.1, -0.05) is 30.3 Å². The van der Waals surface area contributed by atoms with Crippen molar-refractivity contribution in [1.82, 2.24) is 0 Å². The molecule has 0 heterocycles. The monoisotopic (exact) mass is 342 g/mol. The molecule has 0 atom stereocenters. The molecule has 1 aromatic carbocycles. The van der Waals surface area contributed by atoms with E-state index < -0.39 is 26.7 Å². The molecule has 0 spiro atoms. The number of rotatable bonds is 7. The summed E-state index contributed by atoms with van der Waals surface area (Å²) in [6.45, 7) is 0.142. The maximum atomic E-state index is 10.5. The molecule has 0 unspecified atom stereocenters. The van der Waals surface area contributed by atoms with Gasteiger partial charge in [-0.05, 0) is 5.56 Å². The summed E-state index contributed by atoms with van der Waals surface area (Å²) in [5.74, 6) is -0.493. The molecule has 1 aromatic rings. The standard InChI is InChI=1S/C9H13NO3S.C2H7NO3S.H2/c10-14(11,12)7-6-13-8-9-4-2-1-3-5-9;3-7(5,6)2-1-4;/h1-5H,6-8H2,(H2,10,11,12);4H,1-2H2,(H2,3,5,6);1H. The normalized spacial score (nSPS) is 11.6. The maximum absolute atomic E-state index is 10.5. The van der Waals surface area contributed by atoms with Crippen molar-refractivity contribution in [2.45, 2.75) is 6.61 Å². The molecule has 5 N–H and O–H groups in total. The number of sulfonamides is 2. The van der Waals surface area contributed by atoms with E-state index in [0.717, 1.165) is 5.56 Å². The van der Waals surface area contributed by atoms with Crippen LogP contribution in [0.3, 0.4) is 0 Å². The van der Waals surface area contributed by atoms with Gasteiger partial charge in [0.15, 0.2) is 0 Å². The molecular formula is C11H22N2O6S2. The Bertz CT molecular complexity index is 592. The quantitative estimate of drug-likeness (QED) is 0.541. The first-order valence-electron chi connectivity index (χ1n) is 5.87. The zero-order valence-corrected chi connectivity index (χ0v) is 13.0. The Hall–Kier alpha value is -1.04. The molecular weight excluding hydrogens is 320 g/mol. The van der Waals surface area contributed by atoms with Gasteiger partial charge in [-0.15, -0.1) is 0 Å². The minimum atomic E-state index is -3.42. The summed E-state index contributed by atoms with van der Waals surface area (Å²) in [5.41, 5.74) is 1.02. The molecule has 0 saturated carbocycles. The number of benzene rings is 1. The summed E-state index contributed by atoms with van der Waals surface area (Å²) in [5, 5.41) is 17.2. The number of hydrogen-bond donors (Lipinski definition) is 3. The largest absolute Gasteiger partial charge is 0.395 e. The van der Waals surface area contributed by atoms with Gasteiger partial charge in [-0.3, -0.25) is 0 Å². The molecule has 124 valence electrons. The number of aliphatic hydroxyl groups excluding tert-OH is 1. The van der Waals surface area contributed by atoms with Crippen molar-refractivity contribution in [2.75, 3.05) is 24.7 Å². The fourth-order valence-corrected chi connectivity index (χ4v) is 1.67. The zero-order valence-electron chi connectivity index (χ0n) is 11.4. The summed E-state index contributed by atoms with van der Waals surface area (Å²) >= 11 is 0. The van der Waals surface area contributed by atoms with Crippen molar-refractivity contribution in [3.8, 4) is 0 Å². The Morgan fingerprint density at radius 1 is 1.00 bits per heavy atom. The van der Waals surface area contributed by atoms with E-state index in [-0.39, 0.29) is 19.5 Å². The van der Waals surface area contributed by atoms with E-state index in [9.17, 15) is 16.8 Å². The lowest BCUT2D eigenvalue weighted by Gasteiger charge is -2.02. The smallest absolute Gasteiger partial charge is 0.211 e. The highest BCUT2D eigenvalue weighted by Crippen LogP contribution is 2.00. The number of aliphatic hydroxyl groups is 1. The zero-order chi connectivity index (χ0) is 16.4. The molecule has 8 nitrogen and oxygen atoms in total. The molecule has 21 heavy (non-hydrogen) atoms. The Kier molecular flexibility index (Phi) is 9.33. The van der Waals surface area contributed by atoms with Crippen LogP contribution >= 0.6 is 0 Å². The SMILES string of the molecule is NS(=O)(=O)CCO.NS(=O)(=O)CCOCc1ccccc1.[HH]. The highest BCUT2D eigenvalue weighted by Gasteiger charge is 2.01. The molecule has 0 radical (unpaired) electrons. The molecule has 0 aromatic heterocycles. The second kappa shape index (κ2) is 9.82. The van der Waals surface area contributed by atoms with Gasteiger partial charge in [0.2, 0.25) is 20.0 Å². The molecule has 0 aliphatic rings. The van der Waals surface area contributed by atoms with Gasteiger partial charge in [-0.25, -0.2) is 27.1 Å². The fourth-order valence-electron chi connectivity index (χ4n) is 1.07. The second-order valence-corrected chi connectivity index (χ2v) is 7.46. The van der Waals surface area contributed by atoms with Crippen LogP contribution in [0, 0.1) is 0 Å². The highest BCUT2D eigenvalue weighted by atomic mass is 32.2. The van der Waals surface area contributed by atoms with Gasteiger partial charge in [-0.2, -0.15) is 0 Å². The van der Waals surface area contributed by atoms with Crippen LogP contribution in [0.2, 0.25) is 0 Å². The Morgan fingerprint density at radius 2 is 1.52 bits per heavy atom. The van der Waals surface area contributed by atoms with Crippen LogP contribution < -0.4 is 10.3 Å². The Balaban J connectivity index is 0. The van der Waals surface area contributed by atoms with Gasteiger partial charge in [0.1, 0.15) is 0 Å². The molecule has 1 rings (SSSR count). The predicted octanol–water partition coefficient (Wildman–Crippen LogP) is -0.995. The lowest BCUT2D eigenvalue weighted by atomic mass is 10.2. The predicted molar refractivity (Wildman–Crippen MR) is 81.2 cm³/mol. The molecule has 0 bridgehead atoms. The van der Waals surface area contributed by atoms with Gasteiger partial charge < -0.3 is 9.84 Å². The van der Waals surface area contributed by atoms with Gasteiger partial charge in [0.25, 0.3) is 0 Å². The van der Waals surface area contributed by atoms with Crippen LogP contribution in [0.1, 0.15) is 6.99 Å². The fraction of sp³-hybridized carbons (Fsp3) is 0.455. The van der Waals surface area contributed by atoms with Crippen molar-refractivity contribution in [1.29, 1.82) is 0 Å². The van der Waals surface area contributed by atoms with E-state index >= 15 is 0 Å². The summed E-state index contributed by atoms with van der Waals surface area (Å²) in [7, 11) is -6.83. The van der Waals surface area contributed by atoms with Crippen molar-refractivity contribution in [3.63, 3.8) is 0 Å². The highest BCUT2D eigenvalue weighted by molar-refractivity contribution is 7.89. The van der Waals surface area contributed by atoms with Crippen LogP contribution in [0.4, 0.5) is 0 Å². The molecule has 10 heteroatoms. The van der Waals surface area contributed by atoms with E-state index in [2.05, 4.69) is 5.14 Å². The molecule has 0 saturated heterocycles. The Labute approximate surface area is 126 Å². The van der Waals surface area contributed by atoms with Gasteiger partial charge in [0.05, 0.1) is 31.3 Å². The maximum Gasteiger partial charge on any atom is 0.211 e. The summed E-state index contributed by atoms with van der Waals surface area (Å²) in [4.78, 5) is 0. The first kappa shape index (κ1) is 20.0. The first-order valence-corrected chi connectivity index (χ1v) is 9.30. The summed E-state index contributed by atoms with van der Waals surface area (Å²) in [6.07, 6.45) is 0. The molecule has 0 fully saturated rings. The van der Waals surface area contributed by atoms with Gasteiger partial charge in [0, 0.05) is 1.43 Å². The van der Waals surface area contributed by atoms with Crippen molar-refractivity contribution in [3.05, 3.63) is 35.9 Å². The summed E-state index contributed by atoms with van der Waals surface area (Å²) < 4.78 is 45.9. The van der Waals surface area contributed by atoms with E-state index in [1.54, 1.807) is 0 Å². The first-order chi connectivity index (χ1) is 9.64. The number of primary sulfonamides is 2. The van der Waals surface area contributed by atoms with Crippen LogP contribution in [-0.4, -0.2) is 46.7 Å². The van der Waals surface area contributed by atoms with Crippen LogP contribution in [-0.2, 0) is 31.4 Å². The van der Waals surface area contributed by atoms with Crippen molar-refractivity contribution >= 4 is 20.0 Å². The van der Waals surface area contributed by atoms with Gasteiger partial charge >= 0.3 is 0 Å². The average Bonchev–Trinajstić information content (AvgIpc) is 2.34. The third-order valence-electron chi connectivity index (χ3n) is 2.00. The third-order valence-corrected chi connectivity index (χ3v) is 3.49. The van der Waals surface area contributed by atoms with Crippen molar-refractivity contribution < 1.29 is 28.1 Å². The topological polar surface area (TPSA) is 150 Å². The van der Waals surface area contributed by atoms with Crippen LogP contribution in [0.5, 0.6) is 0 Å². The minimum Gasteiger partial charge on any atom is -0.395 e. The van der Waals surface area contributed by atoms with Crippen LogP contribution in [0.15, 0.2) is 30.3 Å². The van der Waals surface area contributed by atoms with Crippen LogP contribution in [0.25, 0.3) is 0 Å². The van der Waals surface area contributed by atoms with E-state index in [0.29, 0.717) is 6.61 Å². The van der Waals surface area contributed by atoms with E-state index in [4.69, 9.17) is 15.0 Å². The molecule has 0 aliphatic heterocycles. The summed E-state index contributed by atoms with van der Waals surface area (Å²) in [6, 6.07) is 9.54. The lowest BCUT2D eigenvalue weighted by molar-refractivity contribution is 0.135. The van der Waals surface area contributed by atoms with Crippen molar-refractivity contribution in [2.24, 2.45) is 10.3 Å². The minimum absolute atomic E-state index is 0. The molecule has 0 amide bonds. The average molecular weight is 342 g/mol. The Morgan fingerprint density at radius 3 is 1.90 bits per heavy atom. The third kappa shape index (κ3) is 15.2. The number of ether oxygens (including phenoxy) is 1. The number of hydrogen-bond acceptors (Lipinski definition) is 6. The second-order valence-electron chi connectivity index (χ2n) is 4.00. The number of nitrogens with two attached hydrogens (primary N) is 2. The molecule has 0 aliphatic carbocycles.